The minimum Gasteiger partial charge on any atom is -0.352 e. The molecule has 7 nitrogen and oxygen atoms in total. The molecule has 0 saturated carbocycles. The van der Waals surface area contributed by atoms with Gasteiger partial charge < -0.3 is 10.2 Å². The molecule has 1 N–H and O–H groups in total. The standard InChI is InChI=1S/C29H33ClFN3O4S/c1-4-21(2)32-29(36)27(17-22-9-6-5-7-10-22)33(19-23-13-15-25(31)16-14-23)28(35)20-34(39(3,37)38)26-12-8-11-24(30)18-26/h5-16,18,21,27H,4,17,19-20H2,1-3H3,(H,32,36)/t21-,27-/m1/s1. The van der Waals surface area contributed by atoms with Crippen LogP contribution in [-0.4, -0.2) is 50.0 Å². The first-order valence-corrected chi connectivity index (χ1v) is 14.8. The number of carbonyl (C=O) groups excluding carboxylic acids is 2. The van der Waals surface area contributed by atoms with Gasteiger partial charge in [0.1, 0.15) is 18.4 Å². The van der Waals surface area contributed by atoms with E-state index in [2.05, 4.69) is 5.32 Å². The zero-order valence-corrected chi connectivity index (χ0v) is 23.8. The molecular weight excluding hydrogens is 541 g/mol. The number of amides is 2. The van der Waals surface area contributed by atoms with Gasteiger partial charge in [-0.15, -0.1) is 0 Å². The SMILES string of the molecule is CC[C@@H](C)NC(=O)[C@@H](Cc1ccccc1)N(Cc1ccc(F)cc1)C(=O)CN(c1cccc(Cl)c1)S(C)(=O)=O. The van der Waals surface area contributed by atoms with Gasteiger partial charge >= 0.3 is 0 Å². The van der Waals surface area contributed by atoms with Gasteiger partial charge in [0, 0.05) is 24.0 Å². The monoisotopic (exact) mass is 573 g/mol. The first kappa shape index (κ1) is 30.1. The summed E-state index contributed by atoms with van der Waals surface area (Å²) in [6, 6.07) is 20.0. The fraction of sp³-hybridized carbons (Fsp3) is 0.310. The van der Waals surface area contributed by atoms with Crippen molar-refractivity contribution < 1.29 is 22.4 Å². The zero-order valence-electron chi connectivity index (χ0n) is 22.2. The van der Waals surface area contributed by atoms with Crippen LogP contribution in [0.15, 0.2) is 78.9 Å². The van der Waals surface area contributed by atoms with E-state index >= 15 is 0 Å². The number of halogens is 2. The number of anilines is 1. The first-order valence-electron chi connectivity index (χ1n) is 12.6. The normalized spacial score (nSPS) is 12.8. The minimum atomic E-state index is -3.89. The van der Waals surface area contributed by atoms with Crippen LogP contribution in [0.5, 0.6) is 0 Å². The molecule has 0 aliphatic carbocycles. The van der Waals surface area contributed by atoms with E-state index in [4.69, 9.17) is 11.6 Å². The third kappa shape index (κ3) is 8.80. The van der Waals surface area contributed by atoms with Crippen molar-refractivity contribution in [3.63, 3.8) is 0 Å². The Bertz CT molecular complexity index is 1370. The molecule has 2 amide bonds. The van der Waals surface area contributed by atoms with Gasteiger partial charge in [0.2, 0.25) is 21.8 Å². The Labute approximate surface area is 234 Å². The van der Waals surface area contributed by atoms with E-state index in [1.54, 1.807) is 18.2 Å². The smallest absolute Gasteiger partial charge is 0.244 e. The number of nitrogens with one attached hydrogen (secondary N) is 1. The second kappa shape index (κ2) is 13.6. The van der Waals surface area contributed by atoms with Gasteiger partial charge in [-0.3, -0.25) is 13.9 Å². The van der Waals surface area contributed by atoms with Crippen molar-refractivity contribution in [3.8, 4) is 0 Å². The molecule has 208 valence electrons. The van der Waals surface area contributed by atoms with Crippen LogP contribution < -0.4 is 9.62 Å². The highest BCUT2D eigenvalue weighted by molar-refractivity contribution is 7.92. The van der Waals surface area contributed by atoms with E-state index in [-0.39, 0.29) is 30.6 Å². The van der Waals surface area contributed by atoms with Crippen LogP contribution >= 0.6 is 11.6 Å². The van der Waals surface area contributed by atoms with E-state index < -0.39 is 34.3 Å². The Morgan fingerprint density at radius 3 is 2.23 bits per heavy atom. The Morgan fingerprint density at radius 2 is 1.64 bits per heavy atom. The summed E-state index contributed by atoms with van der Waals surface area (Å²) in [5.41, 5.74) is 1.64. The van der Waals surface area contributed by atoms with E-state index in [9.17, 15) is 22.4 Å². The van der Waals surface area contributed by atoms with Crippen molar-refractivity contribution in [2.24, 2.45) is 0 Å². The largest absolute Gasteiger partial charge is 0.352 e. The van der Waals surface area contributed by atoms with E-state index in [1.165, 1.54) is 35.2 Å². The summed E-state index contributed by atoms with van der Waals surface area (Å²) in [6.07, 6.45) is 1.89. The Morgan fingerprint density at radius 1 is 0.974 bits per heavy atom. The second-order valence-electron chi connectivity index (χ2n) is 9.42. The molecule has 0 fully saturated rings. The Hall–Kier alpha value is -3.43. The predicted octanol–water partition coefficient (Wildman–Crippen LogP) is 4.80. The molecule has 3 rings (SSSR count). The number of nitrogens with zero attached hydrogens (tertiary/aromatic N) is 2. The van der Waals surface area contributed by atoms with Crippen molar-refractivity contribution >= 4 is 39.1 Å². The van der Waals surface area contributed by atoms with Gasteiger partial charge in [-0.25, -0.2) is 12.8 Å². The first-order chi connectivity index (χ1) is 18.5. The van der Waals surface area contributed by atoms with Crippen molar-refractivity contribution in [2.45, 2.75) is 45.3 Å². The number of benzene rings is 3. The lowest BCUT2D eigenvalue weighted by atomic mass is 10.0. The predicted molar refractivity (Wildman–Crippen MR) is 152 cm³/mol. The Kier molecular flexibility index (Phi) is 10.5. The molecule has 0 unspecified atom stereocenters. The van der Waals surface area contributed by atoms with Crippen molar-refractivity contribution in [3.05, 3.63) is 101 Å². The minimum absolute atomic E-state index is 0.0301. The highest BCUT2D eigenvalue weighted by atomic mass is 35.5. The quantitative estimate of drug-likeness (QED) is 0.337. The number of rotatable bonds is 12. The lowest BCUT2D eigenvalue weighted by Crippen LogP contribution is -2.54. The summed E-state index contributed by atoms with van der Waals surface area (Å²) >= 11 is 6.10. The average Bonchev–Trinajstić information content (AvgIpc) is 2.90. The highest BCUT2D eigenvalue weighted by Crippen LogP contribution is 2.23. The van der Waals surface area contributed by atoms with Crippen LogP contribution in [0.1, 0.15) is 31.4 Å². The van der Waals surface area contributed by atoms with Crippen molar-refractivity contribution in [2.75, 3.05) is 17.1 Å². The van der Waals surface area contributed by atoms with Crippen LogP contribution in [0.2, 0.25) is 5.02 Å². The number of sulfonamides is 1. The number of carbonyl (C=O) groups is 2. The molecule has 10 heteroatoms. The zero-order chi connectivity index (χ0) is 28.6. The van der Waals surface area contributed by atoms with Crippen LogP contribution in [-0.2, 0) is 32.6 Å². The van der Waals surface area contributed by atoms with Gasteiger partial charge in [-0.2, -0.15) is 0 Å². The van der Waals surface area contributed by atoms with Gasteiger partial charge in [-0.05, 0) is 54.8 Å². The van der Waals surface area contributed by atoms with Crippen LogP contribution in [0, 0.1) is 5.82 Å². The average molecular weight is 574 g/mol. The lowest BCUT2D eigenvalue weighted by molar-refractivity contribution is -0.140. The summed E-state index contributed by atoms with van der Waals surface area (Å²) in [6.45, 7) is 3.22. The molecule has 0 heterocycles. The van der Waals surface area contributed by atoms with Gasteiger partial charge in [-0.1, -0.05) is 67.1 Å². The fourth-order valence-electron chi connectivity index (χ4n) is 4.03. The molecule has 3 aromatic rings. The molecule has 0 radical (unpaired) electrons. The third-order valence-electron chi connectivity index (χ3n) is 6.31. The van der Waals surface area contributed by atoms with Gasteiger partial charge in [0.05, 0.1) is 11.9 Å². The molecule has 3 aromatic carbocycles. The Balaban J connectivity index is 2.05. The molecule has 39 heavy (non-hydrogen) atoms. The summed E-state index contributed by atoms with van der Waals surface area (Å²) in [7, 11) is -3.89. The summed E-state index contributed by atoms with van der Waals surface area (Å²) in [4.78, 5) is 28.9. The molecule has 0 saturated heterocycles. The van der Waals surface area contributed by atoms with Crippen LogP contribution in [0.3, 0.4) is 0 Å². The van der Waals surface area contributed by atoms with E-state index in [1.807, 2.05) is 44.2 Å². The summed E-state index contributed by atoms with van der Waals surface area (Å²) in [5, 5.41) is 3.27. The van der Waals surface area contributed by atoms with Crippen molar-refractivity contribution in [1.29, 1.82) is 0 Å². The number of hydrogen-bond acceptors (Lipinski definition) is 4. The molecular formula is C29H33ClFN3O4S. The molecule has 0 aliphatic heterocycles. The molecule has 0 aliphatic rings. The van der Waals surface area contributed by atoms with Crippen LogP contribution in [0.25, 0.3) is 0 Å². The molecule has 0 aromatic heterocycles. The maximum atomic E-state index is 14.0. The molecule has 2 atom stereocenters. The van der Waals surface area contributed by atoms with E-state index in [0.717, 1.165) is 16.1 Å². The summed E-state index contributed by atoms with van der Waals surface area (Å²) < 4.78 is 40.1. The topological polar surface area (TPSA) is 86.8 Å². The maximum absolute atomic E-state index is 14.0. The van der Waals surface area contributed by atoms with Gasteiger partial charge in [0.25, 0.3) is 0 Å². The highest BCUT2D eigenvalue weighted by Gasteiger charge is 2.33. The molecule has 0 spiro atoms. The van der Waals surface area contributed by atoms with Gasteiger partial charge in [0.15, 0.2) is 0 Å². The lowest BCUT2D eigenvalue weighted by Gasteiger charge is -2.34. The van der Waals surface area contributed by atoms with Crippen molar-refractivity contribution in [1.82, 2.24) is 10.2 Å². The molecule has 0 bridgehead atoms. The number of hydrogen-bond donors (Lipinski definition) is 1. The second-order valence-corrected chi connectivity index (χ2v) is 11.8. The summed E-state index contributed by atoms with van der Waals surface area (Å²) in [5.74, 6) is -1.39. The van der Waals surface area contributed by atoms with Crippen LogP contribution in [0.4, 0.5) is 10.1 Å². The van der Waals surface area contributed by atoms with E-state index in [0.29, 0.717) is 17.0 Å². The maximum Gasteiger partial charge on any atom is 0.244 e. The fourth-order valence-corrected chi connectivity index (χ4v) is 5.05. The third-order valence-corrected chi connectivity index (χ3v) is 7.69.